The predicted molar refractivity (Wildman–Crippen MR) is 99.0 cm³/mol. The van der Waals surface area contributed by atoms with E-state index in [0.29, 0.717) is 12.1 Å². The average molecular weight is 340 g/mol. The molecule has 0 aliphatic heterocycles. The fourth-order valence-corrected chi connectivity index (χ4v) is 2.43. The first-order valence-electron chi connectivity index (χ1n) is 8.14. The minimum Gasteiger partial charge on any atom is -0.349 e. The molecule has 0 unspecified atom stereocenters. The zero-order valence-electron chi connectivity index (χ0n) is 15.1. The lowest BCUT2D eigenvalue weighted by Gasteiger charge is -2.11. The van der Waals surface area contributed by atoms with E-state index in [1.807, 2.05) is 51.0 Å². The Labute approximate surface area is 148 Å². The standard InChI is InChI=1S/C19H24N4O2/c1-13-9-14(2)11-16(10-13)22-18(24)15-5-6-20-17(12-15)19(25)21-7-8-23(3)4/h5-6,9-12H,7-8H2,1-4H3,(H,21,25)(H,22,24). The Hall–Kier alpha value is -2.73. The van der Waals surface area contributed by atoms with Gasteiger partial charge < -0.3 is 15.5 Å². The fourth-order valence-electron chi connectivity index (χ4n) is 2.43. The third-order valence-corrected chi connectivity index (χ3v) is 3.58. The molecule has 2 aromatic rings. The molecule has 0 atom stereocenters. The number of nitrogens with zero attached hydrogens (tertiary/aromatic N) is 2. The van der Waals surface area contributed by atoms with Gasteiger partial charge in [0.2, 0.25) is 0 Å². The van der Waals surface area contributed by atoms with Crippen molar-refractivity contribution in [2.45, 2.75) is 13.8 Å². The van der Waals surface area contributed by atoms with Crippen molar-refractivity contribution in [3.8, 4) is 0 Å². The topological polar surface area (TPSA) is 74.3 Å². The maximum Gasteiger partial charge on any atom is 0.269 e. The SMILES string of the molecule is Cc1cc(C)cc(NC(=O)c2ccnc(C(=O)NCCN(C)C)c2)c1. The molecule has 6 nitrogen and oxygen atoms in total. The van der Waals surface area contributed by atoms with Crippen LogP contribution in [-0.4, -0.2) is 48.9 Å². The quantitative estimate of drug-likeness (QED) is 0.846. The van der Waals surface area contributed by atoms with Gasteiger partial charge in [-0.2, -0.15) is 0 Å². The van der Waals surface area contributed by atoms with Gasteiger partial charge >= 0.3 is 0 Å². The first-order valence-corrected chi connectivity index (χ1v) is 8.14. The van der Waals surface area contributed by atoms with Gasteiger partial charge in [-0.1, -0.05) is 6.07 Å². The van der Waals surface area contributed by atoms with Crippen molar-refractivity contribution in [3.05, 3.63) is 58.9 Å². The van der Waals surface area contributed by atoms with Gasteiger partial charge in [-0.3, -0.25) is 14.6 Å². The molecule has 0 fully saturated rings. The van der Waals surface area contributed by atoms with Gasteiger partial charge in [-0.15, -0.1) is 0 Å². The molecular formula is C19H24N4O2. The lowest BCUT2D eigenvalue weighted by Crippen LogP contribution is -2.32. The molecule has 0 saturated heterocycles. The first kappa shape index (κ1) is 18.6. The van der Waals surface area contributed by atoms with Crippen LogP contribution in [0.3, 0.4) is 0 Å². The monoisotopic (exact) mass is 340 g/mol. The average Bonchev–Trinajstić information content (AvgIpc) is 2.53. The molecular weight excluding hydrogens is 316 g/mol. The molecule has 1 aromatic carbocycles. The Morgan fingerprint density at radius 2 is 1.72 bits per heavy atom. The molecule has 1 aromatic heterocycles. The van der Waals surface area contributed by atoms with E-state index in [9.17, 15) is 9.59 Å². The van der Waals surface area contributed by atoms with Crippen molar-refractivity contribution in [3.63, 3.8) is 0 Å². The second-order valence-corrected chi connectivity index (χ2v) is 6.32. The van der Waals surface area contributed by atoms with E-state index in [4.69, 9.17) is 0 Å². The number of aromatic nitrogens is 1. The number of carbonyl (C=O) groups is 2. The van der Waals surface area contributed by atoms with Crippen molar-refractivity contribution >= 4 is 17.5 Å². The molecule has 0 aliphatic carbocycles. The molecule has 2 amide bonds. The van der Waals surface area contributed by atoms with Crippen LogP contribution in [-0.2, 0) is 0 Å². The first-order chi connectivity index (χ1) is 11.8. The van der Waals surface area contributed by atoms with Gasteiger partial charge in [-0.05, 0) is 63.3 Å². The summed E-state index contributed by atoms with van der Waals surface area (Å²) in [5.41, 5.74) is 3.51. The number of rotatable bonds is 6. The normalized spacial score (nSPS) is 10.6. The zero-order chi connectivity index (χ0) is 18.4. The van der Waals surface area contributed by atoms with Crippen LogP contribution in [0.5, 0.6) is 0 Å². The Morgan fingerprint density at radius 3 is 2.36 bits per heavy atom. The second kappa shape index (κ2) is 8.39. The van der Waals surface area contributed by atoms with Crippen molar-refractivity contribution in [1.29, 1.82) is 0 Å². The number of likely N-dealkylation sites (N-methyl/N-ethyl adjacent to an activating group) is 1. The molecule has 25 heavy (non-hydrogen) atoms. The smallest absolute Gasteiger partial charge is 0.269 e. The summed E-state index contributed by atoms with van der Waals surface area (Å²) >= 11 is 0. The second-order valence-electron chi connectivity index (χ2n) is 6.32. The molecule has 0 bridgehead atoms. The summed E-state index contributed by atoms with van der Waals surface area (Å²) in [5, 5.41) is 5.65. The number of nitrogens with one attached hydrogen (secondary N) is 2. The highest BCUT2D eigenvalue weighted by atomic mass is 16.2. The van der Waals surface area contributed by atoms with Crippen LogP contribution in [0.25, 0.3) is 0 Å². The van der Waals surface area contributed by atoms with Gasteiger partial charge in [0.1, 0.15) is 5.69 Å². The summed E-state index contributed by atoms with van der Waals surface area (Å²) in [6.45, 7) is 5.21. The van der Waals surface area contributed by atoms with Crippen molar-refractivity contribution in [1.82, 2.24) is 15.2 Å². The lowest BCUT2D eigenvalue weighted by molar-refractivity contribution is 0.0946. The van der Waals surface area contributed by atoms with Crippen molar-refractivity contribution in [2.24, 2.45) is 0 Å². The summed E-state index contributed by atoms with van der Waals surface area (Å²) in [6, 6.07) is 8.94. The minimum absolute atomic E-state index is 0.229. The number of anilines is 1. The summed E-state index contributed by atoms with van der Waals surface area (Å²) in [5.74, 6) is -0.558. The van der Waals surface area contributed by atoms with Crippen LogP contribution >= 0.6 is 0 Å². The molecule has 0 spiro atoms. The van der Waals surface area contributed by atoms with E-state index < -0.39 is 0 Å². The molecule has 1 heterocycles. The number of hydrogen-bond acceptors (Lipinski definition) is 4. The van der Waals surface area contributed by atoms with E-state index in [1.165, 1.54) is 12.3 Å². The van der Waals surface area contributed by atoms with Crippen LogP contribution in [0.2, 0.25) is 0 Å². The molecule has 132 valence electrons. The maximum absolute atomic E-state index is 12.4. The highest BCUT2D eigenvalue weighted by Gasteiger charge is 2.12. The summed E-state index contributed by atoms with van der Waals surface area (Å²) in [7, 11) is 3.87. The van der Waals surface area contributed by atoms with Crippen LogP contribution in [0.4, 0.5) is 5.69 Å². The Morgan fingerprint density at radius 1 is 1.04 bits per heavy atom. The zero-order valence-corrected chi connectivity index (χ0v) is 15.1. The van der Waals surface area contributed by atoms with Crippen molar-refractivity contribution in [2.75, 3.05) is 32.5 Å². The number of hydrogen-bond donors (Lipinski definition) is 2. The van der Waals surface area contributed by atoms with Crippen LogP contribution < -0.4 is 10.6 Å². The van der Waals surface area contributed by atoms with Crippen LogP contribution in [0, 0.1) is 13.8 Å². The summed E-state index contributed by atoms with van der Waals surface area (Å²) in [6.07, 6.45) is 1.47. The highest BCUT2D eigenvalue weighted by molar-refractivity contribution is 6.05. The number of pyridine rings is 1. The Bertz CT molecular complexity index is 752. The number of benzene rings is 1. The maximum atomic E-state index is 12.4. The summed E-state index contributed by atoms with van der Waals surface area (Å²) in [4.78, 5) is 30.6. The lowest BCUT2D eigenvalue weighted by atomic mass is 10.1. The molecule has 2 rings (SSSR count). The van der Waals surface area contributed by atoms with E-state index in [2.05, 4.69) is 15.6 Å². The molecule has 0 aliphatic rings. The minimum atomic E-state index is -0.289. The fraction of sp³-hybridized carbons (Fsp3) is 0.316. The largest absolute Gasteiger partial charge is 0.349 e. The molecule has 0 radical (unpaired) electrons. The van der Waals surface area contributed by atoms with Crippen LogP contribution in [0.15, 0.2) is 36.5 Å². The Balaban J connectivity index is 2.06. The molecule has 0 saturated carbocycles. The highest BCUT2D eigenvalue weighted by Crippen LogP contribution is 2.15. The molecule has 6 heteroatoms. The van der Waals surface area contributed by atoms with Gasteiger partial charge in [0.25, 0.3) is 11.8 Å². The van der Waals surface area contributed by atoms with Crippen molar-refractivity contribution < 1.29 is 9.59 Å². The van der Waals surface area contributed by atoms with E-state index in [1.54, 1.807) is 6.07 Å². The van der Waals surface area contributed by atoms with Gasteiger partial charge in [-0.25, -0.2) is 0 Å². The number of amides is 2. The van der Waals surface area contributed by atoms with Gasteiger partial charge in [0.05, 0.1) is 0 Å². The van der Waals surface area contributed by atoms with E-state index in [-0.39, 0.29) is 17.5 Å². The predicted octanol–water partition coefficient (Wildman–Crippen LogP) is 2.24. The Kier molecular flexibility index (Phi) is 6.25. The number of aryl methyl sites for hydroxylation is 2. The van der Waals surface area contributed by atoms with E-state index in [0.717, 1.165) is 23.4 Å². The van der Waals surface area contributed by atoms with Gasteiger partial charge in [0, 0.05) is 30.5 Å². The number of carbonyl (C=O) groups excluding carboxylic acids is 2. The van der Waals surface area contributed by atoms with Crippen LogP contribution in [0.1, 0.15) is 32.0 Å². The molecule has 2 N–H and O–H groups in total. The van der Waals surface area contributed by atoms with Gasteiger partial charge in [0.15, 0.2) is 0 Å². The summed E-state index contributed by atoms with van der Waals surface area (Å²) < 4.78 is 0. The third-order valence-electron chi connectivity index (χ3n) is 3.58. The van der Waals surface area contributed by atoms with E-state index >= 15 is 0 Å². The third kappa shape index (κ3) is 5.69.